The van der Waals surface area contributed by atoms with E-state index in [1.807, 2.05) is 0 Å². The van der Waals surface area contributed by atoms with Gasteiger partial charge in [0.2, 0.25) is 0 Å². The van der Waals surface area contributed by atoms with Crippen LogP contribution in [0.5, 0.6) is 11.5 Å². The van der Waals surface area contributed by atoms with E-state index in [2.05, 4.69) is 0 Å². The van der Waals surface area contributed by atoms with Gasteiger partial charge in [-0.15, -0.1) is 11.8 Å². The van der Waals surface area contributed by atoms with E-state index in [1.54, 1.807) is 18.2 Å². The molecule has 1 unspecified atom stereocenters. The Balaban J connectivity index is 2.06. The molecule has 0 fully saturated rings. The molecule has 0 saturated heterocycles. The van der Waals surface area contributed by atoms with Crippen molar-refractivity contribution >= 4 is 17.6 Å². The second kappa shape index (κ2) is 6.46. The zero-order valence-corrected chi connectivity index (χ0v) is 11.9. The first-order chi connectivity index (χ1) is 9.88. The lowest BCUT2D eigenvalue weighted by Gasteiger charge is -2.18. The number of hydrogen-bond acceptors (Lipinski definition) is 4. The Morgan fingerprint density at radius 1 is 1.29 bits per heavy atom. The van der Waals surface area contributed by atoms with Gasteiger partial charge in [0.05, 0.1) is 13.2 Å². The summed E-state index contributed by atoms with van der Waals surface area (Å²) < 4.78 is 49.1. The molecule has 1 heterocycles. The Kier molecular flexibility index (Phi) is 4.87. The van der Waals surface area contributed by atoms with Gasteiger partial charge in [0.15, 0.2) is 11.5 Å². The molecule has 2 rings (SSSR count). The minimum absolute atomic E-state index is 0.335. The van der Waals surface area contributed by atoms with Gasteiger partial charge in [-0.2, -0.15) is 13.2 Å². The predicted molar refractivity (Wildman–Crippen MR) is 74.2 cm³/mol. The number of amidine groups is 1. The van der Waals surface area contributed by atoms with Gasteiger partial charge in [-0.05, 0) is 18.2 Å². The molecule has 0 amide bonds. The lowest BCUT2D eigenvalue weighted by molar-refractivity contribution is -0.149. The van der Waals surface area contributed by atoms with Crippen LogP contribution >= 0.6 is 11.8 Å². The molecule has 0 aliphatic carbocycles. The van der Waals surface area contributed by atoms with Crippen LogP contribution in [0.4, 0.5) is 13.2 Å². The molecular weight excluding hydrogens is 305 g/mol. The third-order valence-corrected chi connectivity index (χ3v) is 3.99. The summed E-state index contributed by atoms with van der Waals surface area (Å²) in [6.45, 7) is 1.07. The lowest BCUT2D eigenvalue weighted by Crippen LogP contribution is -2.36. The maximum absolute atomic E-state index is 12.7. The number of nitrogens with two attached hydrogens (primary N) is 1. The molecule has 0 spiro atoms. The van der Waals surface area contributed by atoms with E-state index in [-0.39, 0.29) is 5.75 Å². The summed E-state index contributed by atoms with van der Waals surface area (Å²) in [5.41, 5.74) is 5.02. The molecule has 8 heteroatoms. The van der Waals surface area contributed by atoms with Crippen molar-refractivity contribution < 1.29 is 22.6 Å². The first kappa shape index (κ1) is 15.8. The molecule has 0 bridgehead atoms. The van der Waals surface area contributed by atoms with Crippen LogP contribution in [0.15, 0.2) is 23.1 Å². The SMILES string of the molecule is N=C(N)C(CSc1ccc2c(c1)OCCCO2)C(F)(F)F. The van der Waals surface area contributed by atoms with Crippen LogP contribution in [0.25, 0.3) is 0 Å². The Morgan fingerprint density at radius 2 is 1.95 bits per heavy atom. The molecule has 1 aromatic rings. The fourth-order valence-corrected chi connectivity index (χ4v) is 2.86. The molecule has 1 aromatic carbocycles. The number of fused-ring (bicyclic) bond motifs is 1. The monoisotopic (exact) mass is 320 g/mol. The molecule has 21 heavy (non-hydrogen) atoms. The maximum Gasteiger partial charge on any atom is 0.399 e. The van der Waals surface area contributed by atoms with Crippen molar-refractivity contribution in [2.75, 3.05) is 19.0 Å². The number of ether oxygens (including phenoxy) is 2. The third-order valence-electron chi connectivity index (χ3n) is 2.91. The van der Waals surface area contributed by atoms with Crippen molar-refractivity contribution in [1.82, 2.24) is 0 Å². The molecule has 1 aliphatic heterocycles. The highest BCUT2D eigenvalue weighted by molar-refractivity contribution is 7.99. The van der Waals surface area contributed by atoms with Crippen LogP contribution in [-0.4, -0.2) is 31.0 Å². The molecule has 0 saturated carbocycles. The van der Waals surface area contributed by atoms with Gasteiger partial charge in [-0.1, -0.05) is 0 Å². The number of nitrogens with one attached hydrogen (secondary N) is 1. The standard InChI is InChI=1S/C13H15F3N2O2S/c14-13(15,16)9(12(17)18)7-21-8-2-3-10-11(6-8)20-5-1-4-19-10/h2-3,6,9H,1,4-5,7H2,(H3,17,18). The highest BCUT2D eigenvalue weighted by Gasteiger charge is 2.41. The second-order valence-electron chi connectivity index (χ2n) is 4.52. The van der Waals surface area contributed by atoms with Crippen molar-refractivity contribution in [2.24, 2.45) is 11.7 Å². The van der Waals surface area contributed by atoms with Crippen LogP contribution in [0.2, 0.25) is 0 Å². The van der Waals surface area contributed by atoms with Crippen molar-refractivity contribution in [2.45, 2.75) is 17.5 Å². The van der Waals surface area contributed by atoms with Crippen LogP contribution in [0.1, 0.15) is 6.42 Å². The van der Waals surface area contributed by atoms with Crippen molar-refractivity contribution in [1.29, 1.82) is 5.41 Å². The summed E-state index contributed by atoms with van der Waals surface area (Å²) in [6, 6.07) is 5.00. The number of thioether (sulfide) groups is 1. The summed E-state index contributed by atoms with van der Waals surface area (Å²) in [6.07, 6.45) is -3.75. The van der Waals surface area contributed by atoms with Gasteiger partial charge in [-0.3, -0.25) is 5.41 Å². The van der Waals surface area contributed by atoms with Crippen molar-refractivity contribution in [3.05, 3.63) is 18.2 Å². The lowest BCUT2D eigenvalue weighted by atomic mass is 10.1. The number of halogens is 3. The number of benzene rings is 1. The predicted octanol–water partition coefficient (Wildman–Crippen LogP) is 3.05. The van der Waals surface area contributed by atoms with Crippen LogP contribution < -0.4 is 15.2 Å². The number of rotatable bonds is 4. The average molecular weight is 320 g/mol. The summed E-state index contributed by atoms with van der Waals surface area (Å²) >= 11 is 0.987. The van der Waals surface area contributed by atoms with Crippen LogP contribution in [0, 0.1) is 11.3 Å². The molecule has 0 aromatic heterocycles. The summed E-state index contributed by atoms with van der Waals surface area (Å²) in [4.78, 5) is 0.620. The van der Waals surface area contributed by atoms with E-state index < -0.39 is 17.9 Å². The second-order valence-corrected chi connectivity index (χ2v) is 5.61. The van der Waals surface area contributed by atoms with E-state index >= 15 is 0 Å². The van der Waals surface area contributed by atoms with Gasteiger partial charge < -0.3 is 15.2 Å². The van der Waals surface area contributed by atoms with Gasteiger partial charge in [0.25, 0.3) is 0 Å². The zero-order chi connectivity index (χ0) is 15.5. The van der Waals surface area contributed by atoms with Crippen LogP contribution in [0.3, 0.4) is 0 Å². The van der Waals surface area contributed by atoms with Gasteiger partial charge in [0.1, 0.15) is 11.8 Å². The van der Waals surface area contributed by atoms with E-state index in [0.29, 0.717) is 29.6 Å². The molecule has 116 valence electrons. The minimum Gasteiger partial charge on any atom is -0.490 e. The van der Waals surface area contributed by atoms with Gasteiger partial charge >= 0.3 is 6.18 Å². The highest BCUT2D eigenvalue weighted by atomic mass is 32.2. The van der Waals surface area contributed by atoms with E-state index in [0.717, 1.165) is 18.2 Å². The molecule has 1 atom stereocenters. The van der Waals surface area contributed by atoms with Crippen molar-refractivity contribution in [3.8, 4) is 11.5 Å². The first-order valence-electron chi connectivity index (χ1n) is 6.31. The summed E-state index contributed by atoms with van der Waals surface area (Å²) in [7, 11) is 0. The fraction of sp³-hybridized carbons (Fsp3) is 0.462. The number of alkyl halides is 3. The Bertz CT molecular complexity index is 523. The number of hydrogen-bond donors (Lipinski definition) is 2. The molecule has 4 nitrogen and oxygen atoms in total. The van der Waals surface area contributed by atoms with Crippen molar-refractivity contribution in [3.63, 3.8) is 0 Å². The normalized spacial score (nSPS) is 16.1. The Labute approximate surface area is 124 Å². The molecule has 0 radical (unpaired) electrons. The fourth-order valence-electron chi connectivity index (χ4n) is 1.77. The largest absolute Gasteiger partial charge is 0.490 e. The molecule has 1 aliphatic rings. The molecular formula is C13H15F3N2O2S. The zero-order valence-electron chi connectivity index (χ0n) is 11.1. The average Bonchev–Trinajstić information content (AvgIpc) is 2.61. The van der Waals surface area contributed by atoms with Gasteiger partial charge in [-0.25, -0.2) is 0 Å². The quantitative estimate of drug-likeness (QED) is 0.508. The third kappa shape index (κ3) is 4.20. The van der Waals surface area contributed by atoms with E-state index in [4.69, 9.17) is 20.6 Å². The minimum atomic E-state index is -4.51. The van der Waals surface area contributed by atoms with E-state index in [9.17, 15) is 13.2 Å². The Morgan fingerprint density at radius 3 is 2.57 bits per heavy atom. The summed E-state index contributed by atoms with van der Waals surface area (Å²) in [5.74, 6) is -2.03. The first-order valence-corrected chi connectivity index (χ1v) is 7.29. The van der Waals surface area contributed by atoms with Crippen LogP contribution in [-0.2, 0) is 0 Å². The molecule has 3 N–H and O–H groups in total. The topological polar surface area (TPSA) is 68.3 Å². The van der Waals surface area contributed by atoms with E-state index in [1.165, 1.54) is 0 Å². The summed E-state index contributed by atoms with van der Waals surface area (Å²) in [5, 5.41) is 7.05. The van der Waals surface area contributed by atoms with Gasteiger partial charge in [0, 0.05) is 17.1 Å². The smallest absolute Gasteiger partial charge is 0.399 e. The Hall–Kier alpha value is -1.57. The maximum atomic E-state index is 12.7. The highest BCUT2D eigenvalue weighted by Crippen LogP contribution is 2.36.